The first kappa shape index (κ1) is 37.6. The maximum atomic E-state index is 15.1. The highest BCUT2D eigenvalue weighted by atomic mass is 35.5. The van der Waals surface area contributed by atoms with Crippen molar-refractivity contribution in [1.29, 1.82) is 0 Å². The van der Waals surface area contributed by atoms with Gasteiger partial charge in [0, 0.05) is 22.0 Å². The summed E-state index contributed by atoms with van der Waals surface area (Å²) in [5.41, 5.74) is 0.959. The Bertz CT molecular complexity index is 1750. The second-order valence-corrected chi connectivity index (χ2v) is 19.6. The van der Waals surface area contributed by atoms with Crippen molar-refractivity contribution in [3.63, 3.8) is 0 Å². The van der Waals surface area contributed by atoms with Gasteiger partial charge in [-0.05, 0) is 70.6 Å². The van der Waals surface area contributed by atoms with E-state index in [4.69, 9.17) is 32.4 Å². The highest BCUT2D eigenvalue weighted by Crippen LogP contribution is 2.52. The normalized spacial score (nSPS) is 20.6. The number of methoxy groups -OCH3 is 1. The number of halogens is 2. The van der Waals surface area contributed by atoms with Crippen LogP contribution < -0.4 is 10.4 Å². The van der Waals surface area contributed by atoms with Crippen molar-refractivity contribution in [3.05, 3.63) is 143 Å². The third-order valence-electron chi connectivity index (χ3n) is 10.1. The molecule has 1 heterocycles. The van der Waals surface area contributed by atoms with E-state index in [1.165, 1.54) is 23.6 Å². The maximum Gasteiger partial charge on any atom is 0.330 e. The lowest BCUT2D eigenvalue weighted by Crippen LogP contribution is -2.67. The van der Waals surface area contributed by atoms with E-state index in [1.807, 2.05) is 66.4 Å². The molecule has 1 aliphatic heterocycles. The predicted molar refractivity (Wildman–Crippen MR) is 207 cm³/mol. The lowest BCUT2D eigenvalue weighted by Gasteiger charge is -2.52. The molecule has 1 aliphatic rings. The quantitative estimate of drug-likeness (QED) is 0.0879. The van der Waals surface area contributed by atoms with Crippen molar-refractivity contribution in [2.45, 2.75) is 70.5 Å². The Hall–Kier alpha value is -3.68. The van der Waals surface area contributed by atoms with Crippen LogP contribution in [0.1, 0.15) is 70.5 Å². The van der Waals surface area contributed by atoms with Gasteiger partial charge in [0.15, 0.2) is 0 Å². The van der Waals surface area contributed by atoms with Gasteiger partial charge in [-0.3, -0.25) is 4.79 Å². The molecule has 50 heavy (non-hydrogen) atoms. The van der Waals surface area contributed by atoms with Crippen LogP contribution in [-0.4, -0.2) is 44.9 Å². The van der Waals surface area contributed by atoms with Gasteiger partial charge in [-0.25, -0.2) is 4.79 Å². The Morgan fingerprint density at radius 2 is 1.50 bits per heavy atom. The average molecular weight is 729 g/mol. The summed E-state index contributed by atoms with van der Waals surface area (Å²) in [4.78, 5) is 29.5. The van der Waals surface area contributed by atoms with E-state index in [-0.39, 0.29) is 28.9 Å². The number of hydrogen-bond acceptors (Lipinski definition) is 4. The first-order valence-electron chi connectivity index (χ1n) is 17.2. The summed E-state index contributed by atoms with van der Waals surface area (Å²) in [6.45, 7) is 11.1. The predicted octanol–water partition coefficient (Wildman–Crippen LogP) is 9.14. The molecule has 1 fully saturated rings. The van der Waals surface area contributed by atoms with Gasteiger partial charge in [0.2, 0.25) is 5.91 Å². The van der Waals surface area contributed by atoms with Crippen LogP contribution in [0.3, 0.4) is 0 Å². The number of amides is 1. The minimum absolute atomic E-state index is 0.0752. The first-order chi connectivity index (χ1) is 23.8. The van der Waals surface area contributed by atoms with E-state index in [0.29, 0.717) is 29.5 Å². The first-order valence-corrected chi connectivity index (χ1v) is 19.9. The molecule has 0 spiro atoms. The van der Waals surface area contributed by atoms with Crippen LogP contribution in [-0.2, 0) is 18.8 Å². The number of rotatable bonds is 11. The largest absolute Gasteiger partial charge is 0.466 e. The van der Waals surface area contributed by atoms with E-state index < -0.39 is 19.7 Å². The molecule has 1 saturated heterocycles. The lowest BCUT2D eigenvalue weighted by molar-refractivity contribution is -0.152. The number of hydrogen-bond donors (Lipinski definition) is 0. The molecule has 5 nitrogen and oxygen atoms in total. The van der Waals surface area contributed by atoms with Gasteiger partial charge >= 0.3 is 5.97 Å². The summed E-state index contributed by atoms with van der Waals surface area (Å²) in [5, 5.41) is 3.35. The van der Waals surface area contributed by atoms with E-state index in [2.05, 4.69) is 82.3 Å². The maximum absolute atomic E-state index is 15.1. The Morgan fingerprint density at radius 1 is 0.900 bits per heavy atom. The van der Waals surface area contributed by atoms with Crippen LogP contribution >= 0.6 is 23.2 Å². The second kappa shape index (κ2) is 15.7. The topological polar surface area (TPSA) is 55.8 Å². The van der Waals surface area contributed by atoms with E-state index in [9.17, 15) is 4.79 Å². The average Bonchev–Trinajstić information content (AvgIpc) is 3.11. The minimum atomic E-state index is -2.93. The zero-order valence-electron chi connectivity index (χ0n) is 29.7. The number of benzene rings is 4. The van der Waals surface area contributed by atoms with Crippen LogP contribution in [0.25, 0.3) is 0 Å². The fourth-order valence-corrected chi connectivity index (χ4v) is 12.5. The highest BCUT2D eigenvalue weighted by Gasteiger charge is 2.53. The number of esters is 1. The molecular weight excluding hydrogens is 681 g/mol. The van der Waals surface area contributed by atoms with Crippen LogP contribution in [0.4, 0.5) is 0 Å². The number of carbonyl (C=O) groups is 2. The van der Waals surface area contributed by atoms with Gasteiger partial charge in [-0.2, -0.15) is 0 Å². The number of likely N-dealkylation sites (tertiary alicyclic amines) is 1. The fourth-order valence-electron chi connectivity index (χ4n) is 7.59. The molecule has 4 aromatic rings. The molecule has 262 valence electrons. The lowest BCUT2D eigenvalue weighted by atomic mass is 9.68. The number of piperidine rings is 1. The molecule has 0 saturated carbocycles. The molecule has 0 bridgehead atoms. The molecule has 1 amide bonds. The van der Waals surface area contributed by atoms with Gasteiger partial charge in [-0.15, -0.1) is 0 Å². The van der Waals surface area contributed by atoms with Gasteiger partial charge in [0.05, 0.1) is 31.2 Å². The second-order valence-electron chi connectivity index (χ2n) is 14.4. The zero-order chi connectivity index (χ0) is 36.1. The third-order valence-corrected chi connectivity index (χ3v) is 15.6. The summed E-state index contributed by atoms with van der Waals surface area (Å²) >= 11 is 13.0. The Balaban J connectivity index is 1.69. The molecular formula is C42H47Cl2NO4Si. The molecule has 0 radical (unpaired) electrons. The molecule has 4 aromatic carbocycles. The van der Waals surface area contributed by atoms with Crippen molar-refractivity contribution in [2.24, 2.45) is 5.41 Å². The van der Waals surface area contributed by atoms with Crippen LogP contribution in [0.2, 0.25) is 15.1 Å². The van der Waals surface area contributed by atoms with Crippen molar-refractivity contribution in [3.8, 4) is 0 Å². The van der Waals surface area contributed by atoms with Gasteiger partial charge < -0.3 is 14.1 Å². The summed E-state index contributed by atoms with van der Waals surface area (Å²) in [6, 6.07) is 36.0. The number of nitrogens with zero attached hydrogens (tertiary/aromatic N) is 1. The Morgan fingerprint density at radius 3 is 2.02 bits per heavy atom. The standard InChI is InChI=1S/C42H47Cl2NO4Si/c1-7-34(29-49-50(41(2,3)4,35-17-10-8-11-18-35)36-19-12-9-13-20-36)45-39(30-21-23-32(43)24-22-30)37(31-15-14-16-33(44)27-31)28-42(5,40(45)47)26-25-38(46)48-6/h8-27,34,37,39H,7,28-29H2,1-6H3/b26-25+/t34-,37+,39+,42-/m0/s1. The molecule has 0 aliphatic carbocycles. The van der Waals surface area contributed by atoms with Gasteiger partial charge in [0.1, 0.15) is 0 Å². The van der Waals surface area contributed by atoms with Crippen LogP contribution in [0, 0.1) is 5.41 Å². The van der Waals surface area contributed by atoms with Gasteiger partial charge in [-0.1, -0.05) is 142 Å². The Labute approximate surface area is 308 Å². The van der Waals surface area contributed by atoms with Crippen LogP contribution in [0.15, 0.2) is 121 Å². The molecule has 0 N–H and O–H groups in total. The summed E-state index contributed by atoms with van der Waals surface area (Å²) in [5.74, 6) is -0.748. The number of ether oxygens (including phenoxy) is 1. The third kappa shape index (κ3) is 7.64. The van der Waals surface area contributed by atoms with Crippen molar-refractivity contribution < 1.29 is 18.8 Å². The van der Waals surface area contributed by atoms with E-state index >= 15 is 4.79 Å². The molecule has 4 atom stereocenters. The summed E-state index contributed by atoms with van der Waals surface area (Å²) in [6.07, 6.45) is 4.18. The summed E-state index contributed by atoms with van der Waals surface area (Å²) < 4.78 is 12.4. The molecule has 0 aromatic heterocycles. The number of carbonyl (C=O) groups excluding carboxylic acids is 2. The van der Waals surface area contributed by atoms with Crippen molar-refractivity contribution in [1.82, 2.24) is 4.90 Å². The molecule has 0 unspecified atom stereocenters. The zero-order valence-corrected chi connectivity index (χ0v) is 32.2. The van der Waals surface area contributed by atoms with Gasteiger partial charge in [0.25, 0.3) is 8.32 Å². The molecule has 8 heteroatoms. The SMILES string of the molecule is CC[C@@H](CO[Si](c1ccccc1)(c1ccccc1)C(C)(C)C)N1C(=O)[C@@](C)(/C=C/C(=O)OC)C[C@H](c2cccc(Cl)c2)[C@H]1c1ccc(Cl)cc1. The van der Waals surface area contributed by atoms with E-state index in [1.54, 1.807) is 6.08 Å². The van der Waals surface area contributed by atoms with Crippen LogP contribution in [0.5, 0.6) is 0 Å². The van der Waals surface area contributed by atoms with E-state index in [0.717, 1.165) is 11.1 Å². The smallest absolute Gasteiger partial charge is 0.330 e. The monoisotopic (exact) mass is 727 g/mol. The minimum Gasteiger partial charge on any atom is -0.466 e. The van der Waals surface area contributed by atoms with Crippen molar-refractivity contribution in [2.75, 3.05) is 13.7 Å². The summed E-state index contributed by atoms with van der Waals surface area (Å²) in [7, 11) is -1.59. The van der Waals surface area contributed by atoms with Crippen molar-refractivity contribution >= 4 is 53.8 Å². The fraction of sp³-hybridized carbons (Fsp3) is 0.333. The molecule has 5 rings (SSSR count). The highest BCUT2D eigenvalue weighted by molar-refractivity contribution is 6.99. The Kier molecular flexibility index (Phi) is 11.8.